The molecule has 22 heteroatoms. The zero-order valence-corrected chi connectivity index (χ0v) is 43.0. The second-order valence-electron chi connectivity index (χ2n) is 20.8. The number of nitrogens with zero attached hydrogens (tertiary/aromatic N) is 2. The van der Waals surface area contributed by atoms with Crippen LogP contribution in [-0.2, 0) is 79.4 Å². The Labute approximate surface area is 431 Å². The summed E-state index contributed by atoms with van der Waals surface area (Å²) in [6, 6.07) is 8.65. The van der Waals surface area contributed by atoms with Gasteiger partial charge >= 0.3 is 11.9 Å². The predicted octanol–water partition coefficient (Wildman–Crippen LogP) is 1.30. The first kappa shape index (κ1) is 55.2. The second kappa shape index (κ2) is 22.1. The number of ether oxygens (including phenoxy) is 2. The molecule has 4 aromatic rings. The van der Waals surface area contributed by atoms with E-state index in [2.05, 4.69) is 31.9 Å². The molecule has 0 saturated heterocycles. The Morgan fingerprint density at radius 2 is 1.59 bits per heavy atom. The van der Waals surface area contributed by atoms with Gasteiger partial charge in [-0.05, 0) is 81.7 Å². The first-order valence-corrected chi connectivity index (χ1v) is 24.8. The Morgan fingerprint density at radius 3 is 2.27 bits per heavy atom. The largest absolute Gasteiger partial charge is 0.460 e. The van der Waals surface area contributed by atoms with Crippen LogP contribution in [0, 0.1) is 18.2 Å². The number of amides is 6. The monoisotopic (exact) mass is 1040 g/mol. The standard InChI is InChI=1S/C53H64FN9O12/c1-8-53(73)32-19-38-45-30(25-63(38)48(70)31(32)26-74-50(53)72)44-35(15-14-29-27(2)33(54)20-36(61-45)43(29)44)62-49(71)52(6,7)16-17-56-39(64)22-59-47(69)37(18-28-12-10-9-11-13-28)60-41(66)24-57-40(65)23-58-46(68)34(55)21-42(67)75-51(3,4)5/h9-13,19-20,34-35,37,73H,8,14-18,21-26,55H2,1-7H3,(H,56,64)(H,57,65)(H,58,68)(H,59,69)(H,60,66)(H,62,71)/t34-,35-,37-,53-/m0/s1. The summed E-state index contributed by atoms with van der Waals surface area (Å²) in [5.41, 5.74) is 6.01. The van der Waals surface area contributed by atoms with Crippen molar-refractivity contribution in [1.29, 1.82) is 0 Å². The molecule has 4 heterocycles. The van der Waals surface area contributed by atoms with Crippen molar-refractivity contribution in [2.75, 3.05) is 26.2 Å². The summed E-state index contributed by atoms with van der Waals surface area (Å²) in [5.74, 6) is -5.89. The van der Waals surface area contributed by atoms with Crippen molar-refractivity contribution >= 4 is 58.3 Å². The first-order chi connectivity index (χ1) is 35.3. The van der Waals surface area contributed by atoms with E-state index in [4.69, 9.17) is 20.2 Å². The van der Waals surface area contributed by atoms with Crippen molar-refractivity contribution in [3.8, 4) is 11.4 Å². The molecule has 7 rings (SSSR count). The van der Waals surface area contributed by atoms with Crippen LogP contribution in [0.15, 0.2) is 47.3 Å². The van der Waals surface area contributed by atoms with Gasteiger partial charge in [-0.1, -0.05) is 51.1 Å². The lowest BCUT2D eigenvalue weighted by atomic mass is 9.80. The molecule has 400 valence electrons. The van der Waals surface area contributed by atoms with Gasteiger partial charge in [-0.15, -0.1) is 0 Å². The van der Waals surface area contributed by atoms with E-state index in [0.717, 1.165) is 5.56 Å². The molecule has 2 aromatic heterocycles. The van der Waals surface area contributed by atoms with Crippen molar-refractivity contribution in [2.45, 2.75) is 129 Å². The highest BCUT2D eigenvalue weighted by Crippen LogP contribution is 2.46. The van der Waals surface area contributed by atoms with Gasteiger partial charge < -0.3 is 56.8 Å². The van der Waals surface area contributed by atoms with Gasteiger partial charge in [0.1, 0.15) is 24.1 Å². The number of carbonyl (C=O) groups is 8. The topological polar surface area (TPSA) is 308 Å². The molecular formula is C53H64FN9O12. The summed E-state index contributed by atoms with van der Waals surface area (Å²) in [4.78, 5) is 122. The summed E-state index contributed by atoms with van der Waals surface area (Å²) >= 11 is 0. The van der Waals surface area contributed by atoms with Crippen LogP contribution >= 0.6 is 0 Å². The Kier molecular flexibility index (Phi) is 16.2. The maximum absolute atomic E-state index is 15.5. The fourth-order valence-corrected chi connectivity index (χ4v) is 9.53. The van der Waals surface area contributed by atoms with Crippen LogP contribution in [0.25, 0.3) is 22.3 Å². The average Bonchev–Trinajstić information content (AvgIpc) is 3.72. The number of esters is 2. The molecule has 2 aromatic carbocycles. The number of pyridine rings is 2. The molecule has 4 atom stereocenters. The van der Waals surface area contributed by atoms with Gasteiger partial charge in [-0.3, -0.25) is 38.4 Å². The molecule has 1 aliphatic carbocycles. The lowest BCUT2D eigenvalue weighted by Crippen LogP contribution is -2.52. The Balaban J connectivity index is 0.948. The van der Waals surface area contributed by atoms with E-state index in [0.29, 0.717) is 57.4 Å². The number of hydrogen-bond donors (Lipinski definition) is 8. The number of nitrogens with one attached hydrogen (secondary N) is 6. The quantitative estimate of drug-likeness (QED) is 0.0541. The SMILES string of the molecule is CC[C@@]1(O)C(=O)OCc2c1cc1n(c2=O)Cc2c-1nc1cc(F)c(C)c3c1c2[C@@H](NC(=O)C(C)(C)CCNC(=O)CNC(=O)[C@H](Cc1ccccc1)NC(=O)CNC(=O)CNC(=O)[C@@H](N)CC(=O)OC(C)(C)C)CC3. The molecule has 75 heavy (non-hydrogen) atoms. The van der Waals surface area contributed by atoms with Crippen LogP contribution in [0.1, 0.15) is 112 Å². The molecule has 0 radical (unpaired) electrons. The number of rotatable bonds is 19. The number of cyclic esters (lactones) is 1. The number of carbonyl (C=O) groups excluding carboxylic acids is 8. The number of fused-ring (bicyclic) bond motifs is 5. The van der Waals surface area contributed by atoms with Gasteiger partial charge in [0.2, 0.25) is 35.4 Å². The first-order valence-electron chi connectivity index (χ1n) is 24.8. The number of nitrogens with two attached hydrogens (primary N) is 1. The number of aromatic nitrogens is 2. The van der Waals surface area contributed by atoms with Crippen molar-refractivity contribution in [2.24, 2.45) is 11.1 Å². The predicted molar refractivity (Wildman–Crippen MR) is 269 cm³/mol. The van der Waals surface area contributed by atoms with Crippen LogP contribution in [0.4, 0.5) is 4.39 Å². The molecule has 0 spiro atoms. The molecule has 3 aliphatic rings. The molecule has 0 bridgehead atoms. The zero-order chi connectivity index (χ0) is 54.7. The van der Waals surface area contributed by atoms with Crippen molar-refractivity contribution in [3.63, 3.8) is 0 Å². The number of hydrogen-bond acceptors (Lipinski definition) is 14. The van der Waals surface area contributed by atoms with E-state index in [1.54, 1.807) is 84.9 Å². The van der Waals surface area contributed by atoms with E-state index >= 15 is 4.39 Å². The normalized spacial score (nSPS) is 17.3. The van der Waals surface area contributed by atoms with Crippen LogP contribution in [-0.4, -0.2) is 106 Å². The molecule has 6 amide bonds. The van der Waals surface area contributed by atoms with Gasteiger partial charge in [0, 0.05) is 41.0 Å². The van der Waals surface area contributed by atoms with E-state index in [-0.39, 0.29) is 56.0 Å². The summed E-state index contributed by atoms with van der Waals surface area (Å²) in [6.45, 7) is 9.94. The van der Waals surface area contributed by atoms with Crippen LogP contribution in [0.2, 0.25) is 0 Å². The van der Waals surface area contributed by atoms with E-state index in [1.165, 1.54) is 10.6 Å². The number of benzene rings is 2. The highest BCUT2D eigenvalue weighted by Gasteiger charge is 2.46. The zero-order valence-electron chi connectivity index (χ0n) is 43.0. The maximum Gasteiger partial charge on any atom is 0.343 e. The minimum atomic E-state index is -2.05. The smallest absolute Gasteiger partial charge is 0.343 e. The van der Waals surface area contributed by atoms with Crippen LogP contribution in [0.5, 0.6) is 0 Å². The minimum absolute atomic E-state index is 0.0357. The third-order valence-corrected chi connectivity index (χ3v) is 13.7. The van der Waals surface area contributed by atoms with Crippen LogP contribution in [0.3, 0.4) is 0 Å². The van der Waals surface area contributed by atoms with Crippen molar-refractivity contribution < 1.29 is 57.3 Å². The maximum atomic E-state index is 15.5. The van der Waals surface area contributed by atoms with E-state index in [9.17, 15) is 48.3 Å². The Morgan fingerprint density at radius 1 is 0.920 bits per heavy atom. The Hall–Kier alpha value is -7.59. The van der Waals surface area contributed by atoms with Gasteiger partial charge in [0.25, 0.3) is 5.56 Å². The molecule has 0 unspecified atom stereocenters. The third-order valence-electron chi connectivity index (χ3n) is 13.7. The summed E-state index contributed by atoms with van der Waals surface area (Å²) < 4.78 is 27.4. The summed E-state index contributed by atoms with van der Waals surface area (Å²) in [5, 5.41) is 27.8. The fourth-order valence-electron chi connectivity index (χ4n) is 9.53. The highest BCUT2D eigenvalue weighted by molar-refractivity contribution is 5.96. The minimum Gasteiger partial charge on any atom is -0.460 e. The molecular weight excluding hydrogens is 974 g/mol. The molecule has 0 saturated carbocycles. The summed E-state index contributed by atoms with van der Waals surface area (Å²) in [7, 11) is 0. The van der Waals surface area contributed by atoms with E-state index in [1.807, 2.05) is 0 Å². The van der Waals surface area contributed by atoms with Gasteiger partial charge in [-0.2, -0.15) is 0 Å². The molecule has 9 N–H and O–H groups in total. The van der Waals surface area contributed by atoms with Gasteiger partial charge in [0.15, 0.2) is 5.60 Å². The summed E-state index contributed by atoms with van der Waals surface area (Å²) in [6.07, 6.45) is 0.573. The average molecular weight is 1040 g/mol. The lowest BCUT2D eigenvalue weighted by molar-refractivity contribution is -0.172. The van der Waals surface area contributed by atoms with Gasteiger partial charge in [-0.25, -0.2) is 14.2 Å². The van der Waals surface area contributed by atoms with E-state index < -0.39 is 114 Å². The molecule has 0 fully saturated rings. The lowest BCUT2D eigenvalue weighted by Gasteiger charge is -2.33. The molecule has 2 aliphatic heterocycles. The van der Waals surface area contributed by atoms with Gasteiger partial charge in [0.05, 0.1) is 67.2 Å². The number of aryl methyl sites for hydroxylation is 1. The number of halogens is 1. The van der Waals surface area contributed by atoms with Crippen molar-refractivity contribution in [3.05, 3.63) is 97.6 Å². The van der Waals surface area contributed by atoms with Crippen molar-refractivity contribution in [1.82, 2.24) is 41.5 Å². The second-order valence-corrected chi connectivity index (χ2v) is 20.8. The number of aliphatic hydroxyl groups is 1. The Bertz CT molecular complexity index is 3040. The van der Waals surface area contributed by atoms with Crippen LogP contribution < -0.4 is 43.2 Å². The highest BCUT2D eigenvalue weighted by atomic mass is 19.1. The molecule has 21 nitrogen and oxygen atoms in total. The fraction of sp³-hybridized carbons (Fsp3) is 0.472. The third kappa shape index (κ3) is 12.2.